The number of carbonyl (C=O) groups is 3. The highest BCUT2D eigenvalue weighted by Crippen LogP contribution is 2.58. The molecule has 3 fully saturated rings. The standard InChI is InChI=1S/C24H34N4O3/c1-5-26-15-12-24(21(26)30)17-28(22(31)25(3)4)16-23(24)10-13-27(14-11-23)20(29)19-9-7-6-8-18(19)2/h6-9H,5,10-17H2,1-4H3/t24-/m0/s1. The molecule has 3 saturated heterocycles. The Morgan fingerprint density at radius 3 is 2.26 bits per heavy atom. The maximum Gasteiger partial charge on any atom is 0.319 e. The molecule has 0 aromatic heterocycles. The number of likely N-dealkylation sites (tertiary alicyclic amines) is 3. The summed E-state index contributed by atoms with van der Waals surface area (Å²) in [6.45, 7) is 7.78. The molecule has 0 unspecified atom stereocenters. The first-order valence-corrected chi connectivity index (χ1v) is 11.4. The maximum atomic E-state index is 13.5. The molecular weight excluding hydrogens is 392 g/mol. The number of hydrogen-bond donors (Lipinski definition) is 0. The van der Waals surface area contributed by atoms with Crippen LogP contribution < -0.4 is 0 Å². The van der Waals surface area contributed by atoms with Crippen LogP contribution in [0.1, 0.15) is 42.1 Å². The van der Waals surface area contributed by atoms with Crippen LogP contribution >= 0.6 is 0 Å². The monoisotopic (exact) mass is 426 g/mol. The van der Waals surface area contributed by atoms with Crippen LogP contribution in [0.3, 0.4) is 0 Å². The molecule has 3 aliphatic heterocycles. The molecule has 4 rings (SSSR count). The van der Waals surface area contributed by atoms with E-state index in [1.165, 1.54) is 0 Å². The third-order valence-corrected chi connectivity index (χ3v) is 7.89. The first-order chi connectivity index (χ1) is 14.7. The Kier molecular flexibility index (Phi) is 5.48. The van der Waals surface area contributed by atoms with E-state index in [9.17, 15) is 14.4 Å². The molecule has 0 N–H and O–H groups in total. The number of urea groups is 1. The summed E-state index contributed by atoms with van der Waals surface area (Å²) in [4.78, 5) is 46.8. The number of amides is 4. The Morgan fingerprint density at radius 1 is 1.00 bits per heavy atom. The molecule has 0 radical (unpaired) electrons. The van der Waals surface area contributed by atoms with Crippen LogP contribution in [0.2, 0.25) is 0 Å². The van der Waals surface area contributed by atoms with Crippen molar-refractivity contribution in [1.29, 1.82) is 0 Å². The van der Waals surface area contributed by atoms with E-state index < -0.39 is 5.41 Å². The van der Waals surface area contributed by atoms with E-state index in [4.69, 9.17) is 0 Å². The fraction of sp³-hybridized carbons (Fsp3) is 0.625. The van der Waals surface area contributed by atoms with E-state index in [-0.39, 0.29) is 23.3 Å². The molecule has 3 heterocycles. The zero-order valence-electron chi connectivity index (χ0n) is 19.2. The van der Waals surface area contributed by atoms with Crippen molar-refractivity contribution in [2.75, 3.05) is 53.4 Å². The Bertz CT molecular complexity index is 891. The summed E-state index contributed by atoms with van der Waals surface area (Å²) in [7, 11) is 3.52. The average molecular weight is 427 g/mol. The second-order valence-corrected chi connectivity index (χ2v) is 9.64. The summed E-state index contributed by atoms with van der Waals surface area (Å²) in [5.74, 6) is 0.261. The van der Waals surface area contributed by atoms with Crippen molar-refractivity contribution in [3.63, 3.8) is 0 Å². The summed E-state index contributed by atoms with van der Waals surface area (Å²) < 4.78 is 0. The predicted molar refractivity (Wildman–Crippen MR) is 119 cm³/mol. The molecule has 0 aliphatic carbocycles. The topological polar surface area (TPSA) is 64.2 Å². The molecule has 2 spiro atoms. The zero-order valence-corrected chi connectivity index (χ0v) is 19.2. The highest BCUT2D eigenvalue weighted by Gasteiger charge is 2.66. The smallest absolute Gasteiger partial charge is 0.319 e. The van der Waals surface area contributed by atoms with E-state index in [1.54, 1.807) is 19.0 Å². The van der Waals surface area contributed by atoms with E-state index in [0.29, 0.717) is 32.7 Å². The quantitative estimate of drug-likeness (QED) is 0.730. The minimum atomic E-state index is -0.521. The number of nitrogens with zero attached hydrogens (tertiary/aromatic N) is 4. The number of benzene rings is 1. The van der Waals surface area contributed by atoms with Gasteiger partial charge in [0.05, 0.1) is 5.41 Å². The van der Waals surface area contributed by atoms with Crippen molar-refractivity contribution in [2.45, 2.75) is 33.1 Å². The number of aryl methyl sites for hydroxylation is 1. The van der Waals surface area contributed by atoms with E-state index >= 15 is 0 Å². The van der Waals surface area contributed by atoms with Crippen molar-refractivity contribution in [3.8, 4) is 0 Å². The van der Waals surface area contributed by atoms with Crippen LogP contribution in [-0.2, 0) is 4.79 Å². The molecule has 0 bridgehead atoms. The second-order valence-electron chi connectivity index (χ2n) is 9.64. The molecular formula is C24H34N4O3. The Balaban J connectivity index is 1.59. The van der Waals surface area contributed by atoms with Crippen molar-refractivity contribution in [1.82, 2.24) is 19.6 Å². The molecule has 168 valence electrons. The number of rotatable bonds is 2. The van der Waals surface area contributed by atoms with Gasteiger partial charge in [-0.2, -0.15) is 0 Å². The van der Waals surface area contributed by atoms with Gasteiger partial charge in [0.1, 0.15) is 0 Å². The summed E-state index contributed by atoms with van der Waals surface area (Å²) in [5.41, 5.74) is 0.949. The minimum absolute atomic E-state index is 0.0302. The molecule has 0 saturated carbocycles. The van der Waals surface area contributed by atoms with Gasteiger partial charge in [-0.15, -0.1) is 0 Å². The molecule has 31 heavy (non-hydrogen) atoms. The van der Waals surface area contributed by atoms with Gasteiger partial charge in [0, 0.05) is 64.3 Å². The van der Waals surface area contributed by atoms with Gasteiger partial charge < -0.3 is 19.6 Å². The second kappa shape index (κ2) is 7.84. The third kappa shape index (κ3) is 3.29. The van der Waals surface area contributed by atoms with Crippen LogP contribution in [-0.4, -0.2) is 90.8 Å². The normalized spacial score (nSPS) is 25.0. The number of carbonyl (C=O) groups excluding carboxylic acids is 3. The van der Waals surface area contributed by atoms with E-state index in [2.05, 4.69) is 0 Å². The molecule has 1 aromatic rings. The fourth-order valence-corrected chi connectivity index (χ4v) is 6.02. The van der Waals surface area contributed by atoms with Crippen LogP contribution in [0.5, 0.6) is 0 Å². The van der Waals surface area contributed by atoms with Gasteiger partial charge in [-0.25, -0.2) is 4.79 Å². The SMILES string of the molecule is CCN1CC[C@]2(CN(C(=O)N(C)C)CC23CCN(C(=O)c2ccccc2C)CC3)C1=O. The average Bonchev–Trinajstić information content (AvgIpc) is 3.26. The van der Waals surface area contributed by atoms with Gasteiger partial charge in [0.15, 0.2) is 0 Å². The van der Waals surface area contributed by atoms with Crippen LogP contribution in [0, 0.1) is 17.8 Å². The first kappa shape index (κ1) is 21.7. The lowest BCUT2D eigenvalue weighted by atomic mass is 9.60. The van der Waals surface area contributed by atoms with Crippen molar-refractivity contribution in [2.24, 2.45) is 10.8 Å². The molecule has 1 atom stereocenters. The summed E-state index contributed by atoms with van der Waals surface area (Å²) in [5, 5.41) is 0. The number of piperidine rings is 1. The maximum absolute atomic E-state index is 13.5. The molecule has 3 aliphatic rings. The van der Waals surface area contributed by atoms with Crippen molar-refractivity contribution >= 4 is 17.8 Å². The van der Waals surface area contributed by atoms with Crippen LogP contribution in [0.15, 0.2) is 24.3 Å². The third-order valence-electron chi connectivity index (χ3n) is 7.89. The van der Waals surface area contributed by atoms with Gasteiger partial charge >= 0.3 is 6.03 Å². The lowest BCUT2D eigenvalue weighted by Gasteiger charge is -2.46. The predicted octanol–water partition coefficient (Wildman–Crippen LogP) is 2.45. The van der Waals surface area contributed by atoms with Crippen molar-refractivity contribution < 1.29 is 14.4 Å². The van der Waals surface area contributed by atoms with Crippen LogP contribution in [0.4, 0.5) is 4.79 Å². The molecule has 1 aromatic carbocycles. The lowest BCUT2D eigenvalue weighted by molar-refractivity contribution is -0.141. The molecule has 7 heteroatoms. The summed E-state index contributed by atoms with van der Waals surface area (Å²) >= 11 is 0. The lowest BCUT2D eigenvalue weighted by Crippen LogP contribution is -2.53. The Labute approximate surface area is 185 Å². The number of hydrogen-bond acceptors (Lipinski definition) is 3. The highest BCUT2D eigenvalue weighted by atomic mass is 16.2. The van der Waals surface area contributed by atoms with Crippen molar-refractivity contribution in [3.05, 3.63) is 35.4 Å². The molecule has 4 amide bonds. The zero-order chi connectivity index (χ0) is 22.4. The van der Waals surface area contributed by atoms with E-state index in [1.807, 2.05) is 52.8 Å². The van der Waals surface area contributed by atoms with Gasteiger partial charge in [0.25, 0.3) is 5.91 Å². The largest absolute Gasteiger partial charge is 0.342 e. The number of fused-ring (bicyclic) bond motifs is 1. The van der Waals surface area contributed by atoms with Gasteiger partial charge in [0.2, 0.25) is 5.91 Å². The van der Waals surface area contributed by atoms with Gasteiger partial charge in [-0.3, -0.25) is 9.59 Å². The summed E-state index contributed by atoms with van der Waals surface area (Å²) in [6.07, 6.45) is 2.30. The fourth-order valence-electron chi connectivity index (χ4n) is 6.02. The van der Waals surface area contributed by atoms with Gasteiger partial charge in [-0.1, -0.05) is 18.2 Å². The Hall–Kier alpha value is -2.57. The van der Waals surface area contributed by atoms with E-state index in [0.717, 1.165) is 36.9 Å². The highest BCUT2D eigenvalue weighted by molar-refractivity contribution is 5.95. The first-order valence-electron chi connectivity index (χ1n) is 11.4. The minimum Gasteiger partial charge on any atom is -0.342 e. The molecule has 7 nitrogen and oxygen atoms in total. The van der Waals surface area contributed by atoms with Crippen LogP contribution in [0.25, 0.3) is 0 Å². The summed E-state index contributed by atoms with van der Waals surface area (Å²) in [6, 6.07) is 7.67. The Morgan fingerprint density at radius 2 is 1.68 bits per heavy atom. The van der Waals surface area contributed by atoms with Gasteiger partial charge in [-0.05, 0) is 44.7 Å².